The SMILES string of the molecule is COCCC(C)Nc1c(Cl)cc(F)cc1Br. The topological polar surface area (TPSA) is 21.3 Å². The number of hydrogen-bond acceptors (Lipinski definition) is 2. The van der Waals surface area contributed by atoms with Gasteiger partial charge in [-0.3, -0.25) is 0 Å². The summed E-state index contributed by atoms with van der Waals surface area (Å²) in [7, 11) is 1.66. The van der Waals surface area contributed by atoms with Crippen molar-refractivity contribution in [3.63, 3.8) is 0 Å². The van der Waals surface area contributed by atoms with Crippen molar-refractivity contribution in [2.75, 3.05) is 19.0 Å². The van der Waals surface area contributed by atoms with E-state index in [0.29, 0.717) is 21.8 Å². The smallest absolute Gasteiger partial charge is 0.125 e. The van der Waals surface area contributed by atoms with Gasteiger partial charge in [-0.1, -0.05) is 11.6 Å². The van der Waals surface area contributed by atoms with Crippen molar-refractivity contribution in [2.24, 2.45) is 0 Å². The van der Waals surface area contributed by atoms with Crippen LogP contribution in [0.4, 0.5) is 10.1 Å². The molecule has 90 valence electrons. The summed E-state index contributed by atoms with van der Waals surface area (Å²) in [5.41, 5.74) is 0.715. The van der Waals surface area contributed by atoms with Gasteiger partial charge in [-0.15, -0.1) is 0 Å². The maximum atomic E-state index is 13.0. The van der Waals surface area contributed by atoms with Crippen LogP contribution in [-0.2, 0) is 4.74 Å². The molecule has 0 radical (unpaired) electrons. The third kappa shape index (κ3) is 3.92. The third-order valence-corrected chi connectivity index (χ3v) is 3.08. The molecule has 0 aliphatic rings. The standard InChI is InChI=1S/C11H14BrClFNO/c1-7(3-4-16-2)15-11-9(12)5-8(14)6-10(11)13/h5-7,15H,3-4H2,1-2H3. The Morgan fingerprint density at radius 3 is 2.81 bits per heavy atom. The van der Waals surface area contributed by atoms with Gasteiger partial charge in [-0.2, -0.15) is 0 Å². The molecule has 0 spiro atoms. The van der Waals surface area contributed by atoms with Crippen molar-refractivity contribution in [1.29, 1.82) is 0 Å². The minimum atomic E-state index is -0.355. The first-order valence-electron chi connectivity index (χ1n) is 4.94. The average molecular weight is 311 g/mol. The molecule has 1 aromatic rings. The second-order valence-corrected chi connectivity index (χ2v) is 4.83. The summed E-state index contributed by atoms with van der Waals surface area (Å²) < 4.78 is 18.6. The molecule has 0 aliphatic heterocycles. The largest absolute Gasteiger partial charge is 0.385 e. The molecule has 16 heavy (non-hydrogen) atoms. The fourth-order valence-corrected chi connectivity index (χ4v) is 2.21. The number of benzene rings is 1. The van der Waals surface area contributed by atoms with Crippen LogP contribution in [0.15, 0.2) is 16.6 Å². The molecule has 0 fully saturated rings. The lowest BCUT2D eigenvalue weighted by molar-refractivity contribution is 0.191. The molecular weight excluding hydrogens is 296 g/mol. The predicted molar refractivity (Wildman–Crippen MR) is 68.7 cm³/mol. The van der Waals surface area contributed by atoms with E-state index in [1.807, 2.05) is 6.92 Å². The van der Waals surface area contributed by atoms with Gasteiger partial charge >= 0.3 is 0 Å². The summed E-state index contributed by atoms with van der Waals surface area (Å²) in [6, 6.07) is 2.88. The fourth-order valence-electron chi connectivity index (χ4n) is 1.29. The van der Waals surface area contributed by atoms with Crippen LogP contribution in [0.5, 0.6) is 0 Å². The lowest BCUT2D eigenvalue weighted by Gasteiger charge is -2.17. The molecule has 1 rings (SSSR count). The highest BCUT2D eigenvalue weighted by molar-refractivity contribution is 9.10. The average Bonchev–Trinajstić information content (AvgIpc) is 2.20. The van der Waals surface area contributed by atoms with E-state index in [2.05, 4.69) is 21.2 Å². The number of nitrogens with one attached hydrogen (secondary N) is 1. The zero-order chi connectivity index (χ0) is 12.1. The molecule has 1 atom stereocenters. The van der Waals surface area contributed by atoms with Crippen molar-refractivity contribution >= 4 is 33.2 Å². The van der Waals surface area contributed by atoms with Crippen LogP contribution in [-0.4, -0.2) is 19.8 Å². The molecule has 5 heteroatoms. The first-order chi connectivity index (χ1) is 7.54. The summed E-state index contributed by atoms with van der Waals surface area (Å²) in [5.74, 6) is -0.355. The summed E-state index contributed by atoms with van der Waals surface area (Å²) in [4.78, 5) is 0. The number of anilines is 1. The van der Waals surface area contributed by atoms with E-state index in [-0.39, 0.29) is 11.9 Å². The molecule has 1 aromatic carbocycles. The van der Waals surface area contributed by atoms with E-state index in [4.69, 9.17) is 16.3 Å². The number of hydrogen-bond donors (Lipinski definition) is 1. The van der Waals surface area contributed by atoms with E-state index < -0.39 is 0 Å². The van der Waals surface area contributed by atoms with Gasteiger partial charge in [0, 0.05) is 24.2 Å². The molecule has 0 aromatic heterocycles. The number of rotatable bonds is 5. The molecule has 0 saturated heterocycles. The van der Waals surface area contributed by atoms with Crippen molar-refractivity contribution in [3.05, 3.63) is 27.4 Å². The first-order valence-corrected chi connectivity index (χ1v) is 6.11. The summed E-state index contributed by atoms with van der Waals surface area (Å²) in [6.45, 7) is 2.69. The monoisotopic (exact) mass is 309 g/mol. The van der Waals surface area contributed by atoms with Gasteiger partial charge in [-0.25, -0.2) is 4.39 Å². The zero-order valence-corrected chi connectivity index (χ0v) is 11.5. The fraction of sp³-hybridized carbons (Fsp3) is 0.455. The number of ether oxygens (including phenoxy) is 1. The van der Waals surface area contributed by atoms with E-state index in [0.717, 1.165) is 6.42 Å². The van der Waals surface area contributed by atoms with Crippen LogP contribution < -0.4 is 5.32 Å². The van der Waals surface area contributed by atoms with Gasteiger partial charge in [0.1, 0.15) is 5.82 Å². The summed E-state index contributed by atoms with van der Waals surface area (Å²) in [6.07, 6.45) is 0.858. The Kier molecular flexibility index (Phi) is 5.52. The molecular formula is C11H14BrClFNO. The van der Waals surface area contributed by atoms with Crippen molar-refractivity contribution in [3.8, 4) is 0 Å². The lowest BCUT2D eigenvalue weighted by atomic mass is 10.2. The van der Waals surface area contributed by atoms with E-state index in [1.165, 1.54) is 12.1 Å². The molecule has 0 saturated carbocycles. The third-order valence-electron chi connectivity index (χ3n) is 2.15. The second-order valence-electron chi connectivity index (χ2n) is 3.57. The van der Waals surface area contributed by atoms with Crippen LogP contribution in [0.3, 0.4) is 0 Å². The molecule has 2 nitrogen and oxygen atoms in total. The first kappa shape index (κ1) is 13.7. The summed E-state index contributed by atoms with van der Waals surface area (Å²) >= 11 is 9.23. The molecule has 0 bridgehead atoms. The quantitative estimate of drug-likeness (QED) is 0.885. The van der Waals surface area contributed by atoms with Crippen LogP contribution >= 0.6 is 27.5 Å². The molecule has 0 amide bonds. The Hall–Kier alpha value is -0.320. The number of methoxy groups -OCH3 is 1. The highest BCUT2D eigenvalue weighted by Crippen LogP contribution is 2.32. The van der Waals surface area contributed by atoms with Gasteiger partial charge in [0.15, 0.2) is 0 Å². The number of halogens is 3. The zero-order valence-electron chi connectivity index (χ0n) is 9.19. The Morgan fingerprint density at radius 2 is 2.25 bits per heavy atom. The van der Waals surface area contributed by atoms with E-state index in [9.17, 15) is 4.39 Å². The van der Waals surface area contributed by atoms with Crippen molar-refractivity contribution in [1.82, 2.24) is 0 Å². The second kappa shape index (κ2) is 6.42. The Labute approximate surface area is 108 Å². The van der Waals surface area contributed by atoms with Crippen molar-refractivity contribution < 1.29 is 9.13 Å². The van der Waals surface area contributed by atoms with Gasteiger partial charge in [0.2, 0.25) is 0 Å². The van der Waals surface area contributed by atoms with E-state index >= 15 is 0 Å². The highest BCUT2D eigenvalue weighted by Gasteiger charge is 2.10. The van der Waals surface area contributed by atoms with Crippen LogP contribution in [0, 0.1) is 5.82 Å². The minimum Gasteiger partial charge on any atom is -0.385 e. The molecule has 0 heterocycles. The van der Waals surface area contributed by atoms with Crippen molar-refractivity contribution in [2.45, 2.75) is 19.4 Å². The Bertz CT molecular complexity index is 339. The summed E-state index contributed by atoms with van der Waals surface area (Å²) in [5, 5.41) is 3.59. The minimum absolute atomic E-state index is 0.208. The van der Waals surface area contributed by atoms with Crippen LogP contribution in [0.2, 0.25) is 5.02 Å². The maximum absolute atomic E-state index is 13.0. The van der Waals surface area contributed by atoms with Crippen LogP contribution in [0.25, 0.3) is 0 Å². The molecule has 1 unspecified atom stereocenters. The molecule has 0 aliphatic carbocycles. The van der Waals surface area contributed by atoms with Gasteiger partial charge in [0.25, 0.3) is 0 Å². The lowest BCUT2D eigenvalue weighted by Crippen LogP contribution is -2.17. The highest BCUT2D eigenvalue weighted by atomic mass is 79.9. The van der Waals surface area contributed by atoms with Gasteiger partial charge < -0.3 is 10.1 Å². The van der Waals surface area contributed by atoms with Gasteiger partial charge in [0.05, 0.1) is 10.7 Å². The normalized spacial score (nSPS) is 12.6. The molecule has 1 N–H and O–H groups in total. The van der Waals surface area contributed by atoms with Gasteiger partial charge in [-0.05, 0) is 41.4 Å². The Morgan fingerprint density at radius 1 is 1.56 bits per heavy atom. The van der Waals surface area contributed by atoms with Crippen LogP contribution in [0.1, 0.15) is 13.3 Å². The Balaban J connectivity index is 2.73. The predicted octanol–water partition coefficient (Wildman–Crippen LogP) is 4.08. The maximum Gasteiger partial charge on any atom is 0.125 e. The van der Waals surface area contributed by atoms with E-state index in [1.54, 1.807) is 7.11 Å².